The lowest BCUT2D eigenvalue weighted by molar-refractivity contribution is 0.0678. The van der Waals surface area contributed by atoms with E-state index in [1.165, 1.54) is 4.88 Å². The summed E-state index contributed by atoms with van der Waals surface area (Å²) < 4.78 is 11.3. The molecule has 1 aromatic heterocycles. The molecule has 3 rings (SSSR count). The first-order chi connectivity index (χ1) is 11.6. The van der Waals surface area contributed by atoms with Gasteiger partial charge in [-0.3, -0.25) is 4.79 Å². The molecule has 1 aliphatic rings. The van der Waals surface area contributed by atoms with Crippen molar-refractivity contribution in [3.8, 4) is 5.75 Å². The fourth-order valence-electron chi connectivity index (χ4n) is 2.76. The van der Waals surface area contributed by atoms with Crippen molar-refractivity contribution in [2.24, 2.45) is 0 Å². The number of benzene rings is 1. The number of hydrogen-bond acceptors (Lipinski definition) is 4. The van der Waals surface area contributed by atoms with Crippen LogP contribution < -0.4 is 4.74 Å². The molecule has 0 N–H and O–H groups in total. The Balaban J connectivity index is 1.58. The first-order valence-corrected chi connectivity index (χ1v) is 9.18. The Hall–Kier alpha value is -1.85. The van der Waals surface area contributed by atoms with Crippen LogP contribution in [0.5, 0.6) is 5.75 Å². The van der Waals surface area contributed by atoms with Crippen molar-refractivity contribution >= 4 is 17.2 Å². The Morgan fingerprint density at radius 1 is 1.38 bits per heavy atom. The van der Waals surface area contributed by atoms with Crippen LogP contribution in [-0.4, -0.2) is 37.2 Å². The van der Waals surface area contributed by atoms with Crippen LogP contribution in [0, 0.1) is 0 Å². The lowest BCUT2D eigenvalue weighted by Crippen LogP contribution is -2.29. The Bertz CT molecular complexity index is 648. The minimum Gasteiger partial charge on any atom is -0.491 e. The Morgan fingerprint density at radius 2 is 2.17 bits per heavy atom. The normalized spacial score (nSPS) is 18.3. The second-order valence-electron chi connectivity index (χ2n) is 6.08. The molecule has 4 nitrogen and oxygen atoms in total. The highest BCUT2D eigenvalue weighted by molar-refractivity contribution is 7.10. The molecule has 2 aromatic rings. The summed E-state index contributed by atoms with van der Waals surface area (Å²) in [6.07, 6.45) is 2.36. The average molecular weight is 345 g/mol. The Morgan fingerprint density at radius 3 is 2.79 bits per heavy atom. The zero-order valence-electron chi connectivity index (χ0n) is 14.1. The van der Waals surface area contributed by atoms with Gasteiger partial charge in [-0.05, 0) is 55.5 Å². The summed E-state index contributed by atoms with van der Waals surface area (Å²) in [5.74, 6) is 0.789. The summed E-state index contributed by atoms with van der Waals surface area (Å²) >= 11 is 1.67. The minimum atomic E-state index is 0.0153. The van der Waals surface area contributed by atoms with E-state index in [9.17, 15) is 4.79 Å². The summed E-state index contributed by atoms with van der Waals surface area (Å²) in [6.45, 7) is 3.45. The van der Waals surface area contributed by atoms with Crippen LogP contribution in [-0.2, 0) is 4.74 Å². The number of hydrogen-bond donors (Lipinski definition) is 0. The average Bonchev–Trinajstić information content (AvgIpc) is 3.32. The van der Waals surface area contributed by atoms with Gasteiger partial charge in [-0.1, -0.05) is 6.07 Å². The number of carbonyl (C=O) groups is 1. The molecule has 2 heterocycles. The van der Waals surface area contributed by atoms with Gasteiger partial charge >= 0.3 is 0 Å². The van der Waals surface area contributed by atoms with Gasteiger partial charge in [0.1, 0.15) is 12.4 Å². The first-order valence-electron chi connectivity index (χ1n) is 8.30. The molecule has 2 atom stereocenters. The molecular weight excluding hydrogens is 322 g/mol. The van der Waals surface area contributed by atoms with Gasteiger partial charge in [0.25, 0.3) is 5.91 Å². The van der Waals surface area contributed by atoms with Crippen LogP contribution >= 0.6 is 11.3 Å². The predicted octanol–water partition coefficient (Wildman–Crippen LogP) is 4.14. The molecule has 1 saturated heterocycles. The molecular formula is C19H23NO3S. The Labute approximate surface area is 147 Å². The van der Waals surface area contributed by atoms with E-state index in [1.54, 1.807) is 16.2 Å². The number of nitrogens with zero attached hydrogens (tertiary/aromatic N) is 1. The molecule has 2 unspecified atom stereocenters. The smallest absolute Gasteiger partial charge is 0.254 e. The number of rotatable bonds is 6. The molecule has 24 heavy (non-hydrogen) atoms. The lowest BCUT2D eigenvalue weighted by atomic mass is 10.1. The van der Waals surface area contributed by atoms with Crippen molar-refractivity contribution in [3.05, 3.63) is 52.2 Å². The number of ether oxygens (including phenoxy) is 2. The van der Waals surface area contributed by atoms with E-state index in [0.717, 1.165) is 25.2 Å². The van der Waals surface area contributed by atoms with Gasteiger partial charge in [-0.25, -0.2) is 0 Å². The molecule has 0 radical (unpaired) electrons. The standard InChI is InChI=1S/C19H23NO3S/c1-14(18-6-4-12-24-18)20(2)19(21)15-7-9-16(10-8-15)23-13-17-5-3-11-22-17/h4,6-10,12,14,17H,3,5,11,13H2,1-2H3. The number of amides is 1. The predicted molar refractivity (Wildman–Crippen MR) is 95.7 cm³/mol. The highest BCUT2D eigenvalue weighted by Gasteiger charge is 2.20. The maximum atomic E-state index is 12.6. The fourth-order valence-corrected chi connectivity index (χ4v) is 3.58. The maximum Gasteiger partial charge on any atom is 0.254 e. The van der Waals surface area contributed by atoms with Gasteiger partial charge in [0, 0.05) is 24.1 Å². The van der Waals surface area contributed by atoms with Crippen LogP contribution in [0.1, 0.15) is 41.0 Å². The molecule has 1 amide bonds. The second-order valence-corrected chi connectivity index (χ2v) is 7.06. The minimum absolute atomic E-state index is 0.0153. The van der Waals surface area contributed by atoms with Crippen molar-refractivity contribution in [1.29, 1.82) is 0 Å². The fraction of sp³-hybridized carbons (Fsp3) is 0.421. The van der Waals surface area contributed by atoms with Crippen molar-refractivity contribution in [3.63, 3.8) is 0 Å². The molecule has 5 heteroatoms. The number of carbonyl (C=O) groups excluding carboxylic acids is 1. The third-order valence-corrected chi connectivity index (χ3v) is 5.46. The van der Waals surface area contributed by atoms with Gasteiger partial charge < -0.3 is 14.4 Å². The lowest BCUT2D eigenvalue weighted by Gasteiger charge is -2.24. The van der Waals surface area contributed by atoms with Crippen LogP contribution in [0.3, 0.4) is 0 Å². The van der Waals surface area contributed by atoms with Gasteiger partial charge in [0.05, 0.1) is 12.1 Å². The molecule has 128 valence electrons. The largest absolute Gasteiger partial charge is 0.491 e. The van der Waals surface area contributed by atoms with E-state index < -0.39 is 0 Å². The summed E-state index contributed by atoms with van der Waals surface area (Å²) in [4.78, 5) is 15.6. The van der Waals surface area contributed by atoms with Crippen LogP contribution in [0.2, 0.25) is 0 Å². The van der Waals surface area contributed by atoms with Crippen molar-refractivity contribution in [2.45, 2.75) is 31.9 Å². The first kappa shape index (κ1) is 17.0. The molecule has 0 spiro atoms. The van der Waals surface area contributed by atoms with Gasteiger partial charge in [-0.15, -0.1) is 11.3 Å². The van der Waals surface area contributed by atoms with Crippen molar-refractivity contribution in [1.82, 2.24) is 4.90 Å². The number of thiophene rings is 1. The molecule has 1 fully saturated rings. The zero-order valence-corrected chi connectivity index (χ0v) is 14.9. The monoisotopic (exact) mass is 345 g/mol. The zero-order chi connectivity index (χ0) is 16.9. The third-order valence-electron chi connectivity index (χ3n) is 4.42. The highest BCUT2D eigenvalue weighted by atomic mass is 32.1. The van der Waals surface area contributed by atoms with Crippen LogP contribution in [0.15, 0.2) is 41.8 Å². The van der Waals surface area contributed by atoms with E-state index in [1.807, 2.05) is 49.7 Å². The van der Waals surface area contributed by atoms with Gasteiger partial charge in [0.2, 0.25) is 0 Å². The van der Waals surface area contributed by atoms with Crippen LogP contribution in [0.4, 0.5) is 0 Å². The van der Waals surface area contributed by atoms with E-state index in [-0.39, 0.29) is 18.1 Å². The summed E-state index contributed by atoms with van der Waals surface area (Å²) in [7, 11) is 1.84. The quantitative estimate of drug-likeness (QED) is 0.790. The van der Waals surface area contributed by atoms with E-state index in [0.29, 0.717) is 12.2 Å². The van der Waals surface area contributed by atoms with Crippen molar-refractivity contribution in [2.75, 3.05) is 20.3 Å². The molecule has 1 aromatic carbocycles. The summed E-state index contributed by atoms with van der Waals surface area (Å²) in [5, 5.41) is 2.03. The van der Waals surface area contributed by atoms with E-state index in [4.69, 9.17) is 9.47 Å². The third kappa shape index (κ3) is 3.97. The summed E-state index contributed by atoms with van der Waals surface area (Å²) in [6, 6.07) is 11.5. The molecule has 0 bridgehead atoms. The maximum absolute atomic E-state index is 12.6. The highest BCUT2D eigenvalue weighted by Crippen LogP contribution is 2.25. The topological polar surface area (TPSA) is 38.8 Å². The molecule has 0 aliphatic carbocycles. The van der Waals surface area contributed by atoms with Crippen molar-refractivity contribution < 1.29 is 14.3 Å². The van der Waals surface area contributed by atoms with E-state index in [2.05, 4.69) is 6.07 Å². The molecule has 0 saturated carbocycles. The SMILES string of the molecule is CC(c1cccs1)N(C)C(=O)c1ccc(OCC2CCCO2)cc1. The van der Waals surface area contributed by atoms with Gasteiger partial charge in [0.15, 0.2) is 0 Å². The summed E-state index contributed by atoms with van der Waals surface area (Å²) in [5.41, 5.74) is 0.672. The van der Waals surface area contributed by atoms with Crippen LogP contribution in [0.25, 0.3) is 0 Å². The Kier molecular flexibility index (Phi) is 5.53. The van der Waals surface area contributed by atoms with Gasteiger partial charge in [-0.2, -0.15) is 0 Å². The second kappa shape index (κ2) is 7.81. The molecule has 1 aliphatic heterocycles. The van der Waals surface area contributed by atoms with E-state index >= 15 is 0 Å².